The van der Waals surface area contributed by atoms with E-state index in [4.69, 9.17) is 5.73 Å². The number of nitrogens with zero attached hydrogens (tertiary/aromatic N) is 3. The van der Waals surface area contributed by atoms with E-state index in [1.165, 1.54) is 0 Å². The lowest BCUT2D eigenvalue weighted by Gasteiger charge is -2.32. The van der Waals surface area contributed by atoms with Crippen LogP contribution in [-0.2, 0) is 0 Å². The average Bonchev–Trinajstić information content (AvgIpc) is 2.67. The van der Waals surface area contributed by atoms with Crippen LogP contribution in [0.15, 0.2) is 54.7 Å². The summed E-state index contributed by atoms with van der Waals surface area (Å²) in [6.07, 6.45) is 3.49. The minimum Gasteiger partial charge on any atom is -0.384 e. The van der Waals surface area contributed by atoms with E-state index in [-0.39, 0.29) is 11.7 Å². The van der Waals surface area contributed by atoms with E-state index in [9.17, 15) is 4.79 Å². The number of fused-ring (bicyclic) bond motifs is 1. The molecule has 1 saturated heterocycles. The standard InChI is InChI=1S/C20H20N4O/c21-18-10-11-22-20(23-18)24-12-4-7-15(13-24)19(25)17-9-3-6-14-5-1-2-8-16(14)17/h1-3,5-6,8-11,15H,4,7,12-13H2,(H2,21,22,23)/t15-/m1/s1. The number of nitrogens with two attached hydrogens (primary N) is 1. The number of carbonyl (C=O) groups is 1. The highest BCUT2D eigenvalue weighted by Gasteiger charge is 2.28. The highest BCUT2D eigenvalue weighted by atomic mass is 16.1. The summed E-state index contributed by atoms with van der Waals surface area (Å²) >= 11 is 0. The number of hydrogen-bond acceptors (Lipinski definition) is 5. The van der Waals surface area contributed by atoms with E-state index >= 15 is 0 Å². The van der Waals surface area contributed by atoms with Gasteiger partial charge in [-0.05, 0) is 29.7 Å². The molecule has 1 fully saturated rings. The molecular formula is C20H20N4O. The summed E-state index contributed by atoms with van der Waals surface area (Å²) in [4.78, 5) is 23.8. The van der Waals surface area contributed by atoms with E-state index in [1.807, 2.05) is 42.5 Å². The van der Waals surface area contributed by atoms with Gasteiger partial charge in [0.25, 0.3) is 0 Å². The Morgan fingerprint density at radius 2 is 1.96 bits per heavy atom. The van der Waals surface area contributed by atoms with Gasteiger partial charge in [-0.25, -0.2) is 4.98 Å². The average molecular weight is 332 g/mol. The number of aromatic nitrogens is 2. The summed E-state index contributed by atoms with van der Waals surface area (Å²) < 4.78 is 0. The molecule has 0 saturated carbocycles. The van der Waals surface area contributed by atoms with Gasteiger partial charge in [-0.2, -0.15) is 4.98 Å². The van der Waals surface area contributed by atoms with Gasteiger partial charge in [-0.1, -0.05) is 42.5 Å². The Labute approximate surface area is 146 Å². The van der Waals surface area contributed by atoms with Crippen LogP contribution in [0, 0.1) is 5.92 Å². The quantitative estimate of drug-likeness (QED) is 0.745. The van der Waals surface area contributed by atoms with Gasteiger partial charge in [0, 0.05) is 30.8 Å². The van der Waals surface area contributed by atoms with Crippen molar-refractivity contribution >= 4 is 28.3 Å². The molecule has 2 N–H and O–H groups in total. The molecule has 0 unspecified atom stereocenters. The summed E-state index contributed by atoms with van der Waals surface area (Å²) in [7, 11) is 0. The molecule has 126 valence electrons. The third-order valence-electron chi connectivity index (χ3n) is 4.79. The minimum atomic E-state index is -0.0513. The van der Waals surface area contributed by atoms with Crippen LogP contribution < -0.4 is 10.6 Å². The molecule has 0 amide bonds. The van der Waals surface area contributed by atoms with Crippen molar-refractivity contribution in [3.8, 4) is 0 Å². The maximum Gasteiger partial charge on any atom is 0.227 e. The Hall–Kier alpha value is -2.95. The molecule has 5 nitrogen and oxygen atoms in total. The fourth-order valence-electron chi connectivity index (χ4n) is 3.55. The third kappa shape index (κ3) is 3.05. The Balaban J connectivity index is 1.61. The summed E-state index contributed by atoms with van der Waals surface area (Å²) in [5.74, 6) is 1.21. The van der Waals surface area contributed by atoms with Gasteiger partial charge in [-0.15, -0.1) is 0 Å². The first-order valence-electron chi connectivity index (χ1n) is 8.58. The second kappa shape index (κ2) is 6.51. The number of Topliss-reactive ketones (excluding diaryl/α,β-unsaturated/α-hetero) is 1. The Morgan fingerprint density at radius 1 is 1.12 bits per heavy atom. The van der Waals surface area contributed by atoms with Gasteiger partial charge in [0.1, 0.15) is 5.82 Å². The highest BCUT2D eigenvalue weighted by molar-refractivity contribution is 6.09. The second-order valence-electron chi connectivity index (χ2n) is 6.46. The first-order chi connectivity index (χ1) is 12.2. The highest BCUT2D eigenvalue weighted by Crippen LogP contribution is 2.27. The molecule has 1 aliphatic heterocycles. The molecule has 2 aromatic carbocycles. The molecule has 2 heterocycles. The van der Waals surface area contributed by atoms with Crippen molar-refractivity contribution in [2.75, 3.05) is 23.7 Å². The van der Waals surface area contributed by atoms with E-state index in [0.29, 0.717) is 18.3 Å². The predicted octanol–water partition coefficient (Wildman–Crippen LogP) is 3.31. The summed E-state index contributed by atoms with van der Waals surface area (Å²) in [5, 5.41) is 2.12. The fourth-order valence-corrected chi connectivity index (χ4v) is 3.55. The predicted molar refractivity (Wildman–Crippen MR) is 99.7 cm³/mol. The van der Waals surface area contributed by atoms with Crippen LogP contribution in [0.5, 0.6) is 0 Å². The maximum atomic E-state index is 13.2. The molecule has 1 aromatic heterocycles. The topological polar surface area (TPSA) is 72.1 Å². The van der Waals surface area contributed by atoms with Gasteiger partial charge in [0.2, 0.25) is 5.95 Å². The van der Waals surface area contributed by atoms with E-state index in [0.717, 1.165) is 35.7 Å². The first-order valence-corrected chi connectivity index (χ1v) is 8.58. The van der Waals surface area contributed by atoms with E-state index < -0.39 is 0 Å². The summed E-state index contributed by atoms with van der Waals surface area (Å²) in [6.45, 7) is 1.48. The van der Waals surface area contributed by atoms with Crippen LogP contribution in [0.2, 0.25) is 0 Å². The number of hydrogen-bond donors (Lipinski definition) is 1. The van der Waals surface area contributed by atoms with Gasteiger partial charge >= 0.3 is 0 Å². The molecule has 0 aliphatic carbocycles. The fraction of sp³-hybridized carbons (Fsp3) is 0.250. The summed E-state index contributed by atoms with van der Waals surface area (Å²) in [6, 6.07) is 15.6. The van der Waals surface area contributed by atoms with Crippen molar-refractivity contribution in [3.05, 3.63) is 60.3 Å². The number of rotatable bonds is 3. The van der Waals surface area contributed by atoms with Gasteiger partial charge in [-0.3, -0.25) is 4.79 Å². The second-order valence-corrected chi connectivity index (χ2v) is 6.46. The lowest BCUT2D eigenvalue weighted by Crippen LogP contribution is -2.39. The number of anilines is 2. The lowest BCUT2D eigenvalue weighted by molar-refractivity contribution is 0.0908. The van der Waals surface area contributed by atoms with Crippen molar-refractivity contribution in [1.29, 1.82) is 0 Å². The van der Waals surface area contributed by atoms with Crippen molar-refractivity contribution < 1.29 is 4.79 Å². The van der Waals surface area contributed by atoms with Gasteiger partial charge < -0.3 is 10.6 Å². The van der Waals surface area contributed by atoms with Crippen molar-refractivity contribution in [2.24, 2.45) is 5.92 Å². The smallest absolute Gasteiger partial charge is 0.227 e. The Morgan fingerprint density at radius 3 is 2.84 bits per heavy atom. The normalized spacial score (nSPS) is 17.6. The van der Waals surface area contributed by atoms with Crippen LogP contribution in [0.25, 0.3) is 10.8 Å². The molecule has 0 spiro atoms. The molecule has 1 atom stereocenters. The van der Waals surface area contributed by atoms with E-state index in [1.54, 1.807) is 12.3 Å². The molecule has 25 heavy (non-hydrogen) atoms. The van der Waals surface area contributed by atoms with Crippen molar-refractivity contribution in [1.82, 2.24) is 9.97 Å². The Bertz CT molecular complexity index is 919. The van der Waals surface area contributed by atoms with Gasteiger partial charge in [0.05, 0.1) is 0 Å². The number of ketones is 1. The van der Waals surface area contributed by atoms with Crippen LogP contribution in [0.4, 0.5) is 11.8 Å². The number of carbonyl (C=O) groups excluding carboxylic acids is 1. The minimum absolute atomic E-state index is 0.0513. The third-order valence-corrected chi connectivity index (χ3v) is 4.79. The van der Waals surface area contributed by atoms with Crippen LogP contribution >= 0.6 is 0 Å². The monoisotopic (exact) mass is 332 g/mol. The zero-order valence-corrected chi connectivity index (χ0v) is 13.9. The number of benzene rings is 2. The molecule has 5 heteroatoms. The molecule has 0 bridgehead atoms. The molecule has 3 aromatic rings. The van der Waals surface area contributed by atoms with Gasteiger partial charge in [0.15, 0.2) is 5.78 Å². The molecular weight excluding hydrogens is 312 g/mol. The largest absolute Gasteiger partial charge is 0.384 e. The number of piperidine rings is 1. The van der Waals surface area contributed by atoms with Crippen LogP contribution in [0.3, 0.4) is 0 Å². The molecule has 0 radical (unpaired) electrons. The lowest BCUT2D eigenvalue weighted by atomic mass is 9.88. The Kier molecular flexibility index (Phi) is 4.06. The molecule has 4 rings (SSSR count). The number of nitrogen functional groups attached to an aromatic ring is 1. The first kappa shape index (κ1) is 15.6. The summed E-state index contributed by atoms with van der Waals surface area (Å²) in [5.41, 5.74) is 6.57. The van der Waals surface area contributed by atoms with Crippen LogP contribution in [0.1, 0.15) is 23.2 Å². The van der Waals surface area contributed by atoms with Crippen molar-refractivity contribution in [3.63, 3.8) is 0 Å². The zero-order valence-electron chi connectivity index (χ0n) is 13.9. The van der Waals surface area contributed by atoms with Crippen LogP contribution in [-0.4, -0.2) is 28.8 Å². The zero-order chi connectivity index (χ0) is 17.2. The maximum absolute atomic E-state index is 13.2. The van der Waals surface area contributed by atoms with E-state index in [2.05, 4.69) is 14.9 Å². The van der Waals surface area contributed by atoms with Crippen molar-refractivity contribution in [2.45, 2.75) is 12.8 Å². The molecule has 1 aliphatic rings. The SMILES string of the molecule is Nc1ccnc(N2CCC[C@@H](C(=O)c3cccc4ccccc34)C2)n1.